The lowest BCUT2D eigenvalue weighted by Gasteiger charge is -2.22. The van der Waals surface area contributed by atoms with Crippen LogP contribution in [0.2, 0.25) is 0 Å². The lowest BCUT2D eigenvalue weighted by Crippen LogP contribution is -2.39. The number of amides is 1. The van der Waals surface area contributed by atoms with Gasteiger partial charge in [0.05, 0.1) is 4.92 Å². The minimum atomic E-state index is -0.776. The van der Waals surface area contributed by atoms with Gasteiger partial charge in [0.2, 0.25) is 0 Å². The highest BCUT2D eigenvalue weighted by molar-refractivity contribution is 5.97. The predicted octanol–water partition coefficient (Wildman–Crippen LogP) is 2.49. The summed E-state index contributed by atoms with van der Waals surface area (Å²) >= 11 is 0. The summed E-state index contributed by atoms with van der Waals surface area (Å²) in [5, 5.41) is 10.9. The molecule has 0 aliphatic carbocycles. The Balaban J connectivity index is 1.54. The van der Waals surface area contributed by atoms with Gasteiger partial charge in [0, 0.05) is 17.8 Å². The average molecular weight is 370 g/mol. The second kappa shape index (κ2) is 7.86. The van der Waals surface area contributed by atoms with Gasteiger partial charge in [-0.15, -0.1) is 0 Å². The molecule has 0 fully saturated rings. The summed E-state index contributed by atoms with van der Waals surface area (Å²) in [6, 6.07) is 13.3. The number of nitro groups is 1. The van der Waals surface area contributed by atoms with Crippen LogP contribution in [0.3, 0.4) is 0 Å². The average Bonchev–Trinajstić information content (AvgIpc) is 3.00. The lowest BCUT2D eigenvalue weighted by molar-refractivity contribution is -0.385. The van der Waals surface area contributed by atoms with Crippen molar-refractivity contribution in [1.29, 1.82) is 0 Å². The summed E-state index contributed by atoms with van der Waals surface area (Å²) in [4.78, 5) is 36.3. The van der Waals surface area contributed by atoms with E-state index in [-0.39, 0.29) is 23.4 Å². The summed E-state index contributed by atoms with van der Waals surface area (Å²) in [6.45, 7) is 0.986. The monoisotopic (exact) mass is 370 g/mol. The number of fused-ring (bicyclic) bond motifs is 1. The van der Waals surface area contributed by atoms with Gasteiger partial charge in [-0.2, -0.15) is 0 Å². The van der Waals surface area contributed by atoms with Crippen molar-refractivity contribution >= 4 is 23.3 Å². The van der Waals surface area contributed by atoms with Crippen LogP contribution >= 0.6 is 0 Å². The number of nitro benzene ring substituents is 1. The number of rotatable bonds is 6. The van der Waals surface area contributed by atoms with Crippen molar-refractivity contribution in [2.75, 3.05) is 18.1 Å². The zero-order valence-corrected chi connectivity index (χ0v) is 14.7. The molecule has 1 atom stereocenters. The molecule has 0 N–H and O–H groups in total. The number of hydrogen-bond donors (Lipinski definition) is 0. The van der Waals surface area contributed by atoms with Crippen molar-refractivity contribution < 1.29 is 24.0 Å². The summed E-state index contributed by atoms with van der Waals surface area (Å²) in [7, 11) is 0. The molecule has 140 valence electrons. The van der Waals surface area contributed by atoms with Crippen LogP contribution in [-0.2, 0) is 20.7 Å². The van der Waals surface area contributed by atoms with Crippen molar-refractivity contribution in [2.24, 2.45) is 0 Å². The summed E-state index contributed by atoms with van der Waals surface area (Å²) in [6.07, 6.45) is 0.747. The van der Waals surface area contributed by atoms with Gasteiger partial charge in [0.15, 0.2) is 19.0 Å². The van der Waals surface area contributed by atoms with E-state index >= 15 is 0 Å². The van der Waals surface area contributed by atoms with Gasteiger partial charge >= 0.3 is 11.7 Å². The van der Waals surface area contributed by atoms with Crippen LogP contribution < -0.4 is 9.64 Å². The minimum Gasteiger partial charge on any atom is -0.475 e. The Labute approximate surface area is 155 Å². The summed E-state index contributed by atoms with van der Waals surface area (Å²) < 4.78 is 10.1. The van der Waals surface area contributed by atoms with Crippen LogP contribution in [0.25, 0.3) is 0 Å². The number of hydrogen-bond acceptors (Lipinski definition) is 6. The number of ether oxygens (including phenoxy) is 2. The first-order chi connectivity index (χ1) is 13.0. The van der Waals surface area contributed by atoms with Gasteiger partial charge in [-0.25, -0.2) is 4.79 Å². The molecule has 0 radical (unpaired) electrons. The van der Waals surface area contributed by atoms with E-state index in [4.69, 9.17) is 9.47 Å². The Morgan fingerprint density at radius 2 is 1.85 bits per heavy atom. The molecule has 0 saturated heterocycles. The first-order valence-corrected chi connectivity index (χ1v) is 8.39. The molecule has 1 unspecified atom stereocenters. The maximum absolute atomic E-state index is 12.5. The zero-order chi connectivity index (χ0) is 19.4. The fourth-order valence-corrected chi connectivity index (χ4v) is 3.07. The number of anilines is 1. The third-order valence-electron chi connectivity index (χ3n) is 4.24. The third kappa shape index (κ3) is 4.05. The number of nitrogens with zero attached hydrogens (tertiary/aromatic N) is 2. The highest BCUT2D eigenvalue weighted by Crippen LogP contribution is 2.31. The first kappa shape index (κ1) is 18.4. The fraction of sp³-hybridized carbons (Fsp3) is 0.263. The van der Waals surface area contributed by atoms with Gasteiger partial charge < -0.3 is 14.4 Å². The molecule has 2 aromatic rings. The normalized spacial score (nSPS) is 15.1. The van der Waals surface area contributed by atoms with Gasteiger partial charge in [-0.1, -0.05) is 30.3 Å². The van der Waals surface area contributed by atoms with Crippen LogP contribution in [-0.4, -0.2) is 36.1 Å². The number of carbonyl (C=O) groups is 2. The van der Waals surface area contributed by atoms with Crippen molar-refractivity contribution in [2.45, 2.75) is 19.4 Å². The summed E-state index contributed by atoms with van der Waals surface area (Å²) in [5.74, 6) is -1.14. The van der Waals surface area contributed by atoms with Crippen molar-refractivity contribution in [1.82, 2.24) is 0 Å². The van der Waals surface area contributed by atoms with E-state index in [1.54, 1.807) is 11.0 Å². The smallest absolute Gasteiger partial charge is 0.344 e. The third-order valence-corrected chi connectivity index (χ3v) is 4.24. The fourth-order valence-electron chi connectivity index (χ4n) is 3.07. The Hall–Kier alpha value is -3.42. The van der Waals surface area contributed by atoms with E-state index in [9.17, 15) is 19.7 Å². The Bertz CT molecular complexity index is 882. The highest BCUT2D eigenvalue weighted by atomic mass is 16.6. The second-order valence-corrected chi connectivity index (χ2v) is 6.12. The minimum absolute atomic E-state index is 0.0168. The highest BCUT2D eigenvalue weighted by Gasteiger charge is 2.31. The van der Waals surface area contributed by atoms with E-state index < -0.39 is 24.1 Å². The molecular formula is C19H18N2O6. The molecule has 1 aliphatic heterocycles. The lowest BCUT2D eigenvalue weighted by atomic mass is 10.1. The molecule has 1 aliphatic rings. The largest absolute Gasteiger partial charge is 0.475 e. The van der Waals surface area contributed by atoms with E-state index in [1.165, 1.54) is 18.2 Å². The van der Waals surface area contributed by atoms with E-state index in [1.807, 2.05) is 31.2 Å². The zero-order valence-electron chi connectivity index (χ0n) is 14.7. The quantitative estimate of drug-likeness (QED) is 0.440. The van der Waals surface area contributed by atoms with E-state index in [2.05, 4.69) is 0 Å². The molecule has 3 rings (SSSR count). The Morgan fingerprint density at radius 3 is 2.63 bits per heavy atom. The van der Waals surface area contributed by atoms with Gasteiger partial charge in [0.1, 0.15) is 0 Å². The van der Waals surface area contributed by atoms with Crippen LogP contribution in [0.15, 0.2) is 48.5 Å². The topological polar surface area (TPSA) is 99.0 Å². The molecule has 8 nitrogen and oxygen atoms in total. The van der Waals surface area contributed by atoms with Crippen LogP contribution in [0, 0.1) is 10.1 Å². The second-order valence-electron chi connectivity index (χ2n) is 6.12. The first-order valence-electron chi connectivity index (χ1n) is 8.39. The van der Waals surface area contributed by atoms with Gasteiger partial charge in [-0.3, -0.25) is 14.9 Å². The van der Waals surface area contributed by atoms with Gasteiger partial charge in [0.25, 0.3) is 5.91 Å². The molecular weight excluding hydrogens is 352 g/mol. The molecule has 0 bridgehead atoms. The van der Waals surface area contributed by atoms with Crippen LogP contribution in [0.5, 0.6) is 5.75 Å². The van der Waals surface area contributed by atoms with Crippen molar-refractivity contribution in [3.8, 4) is 5.75 Å². The molecule has 2 aromatic carbocycles. The molecule has 1 amide bonds. The van der Waals surface area contributed by atoms with Crippen molar-refractivity contribution in [3.63, 3.8) is 0 Å². The SMILES string of the molecule is CC1Cc2ccccc2N1C(=O)COC(=O)COc1ccccc1[N+](=O)[O-]. The molecule has 8 heteroatoms. The van der Waals surface area contributed by atoms with Gasteiger partial charge in [-0.05, 0) is 31.0 Å². The predicted molar refractivity (Wildman–Crippen MR) is 96.6 cm³/mol. The van der Waals surface area contributed by atoms with Crippen molar-refractivity contribution in [3.05, 3.63) is 64.2 Å². The molecule has 1 heterocycles. The van der Waals surface area contributed by atoms with Crippen LogP contribution in [0.4, 0.5) is 11.4 Å². The molecule has 0 spiro atoms. The number of esters is 1. The Morgan fingerprint density at radius 1 is 1.15 bits per heavy atom. The summed E-state index contributed by atoms with van der Waals surface area (Å²) in [5.41, 5.74) is 1.65. The number of para-hydroxylation sites is 3. The number of carbonyl (C=O) groups excluding carboxylic acids is 2. The number of benzene rings is 2. The van der Waals surface area contributed by atoms with Crippen LogP contribution in [0.1, 0.15) is 12.5 Å². The molecule has 27 heavy (non-hydrogen) atoms. The standard InChI is InChI=1S/C19H18N2O6/c1-13-10-14-6-2-3-7-15(14)20(13)18(22)11-27-19(23)12-26-17-9-5-4-8-16(17)21(24)25/h2-9,13H,10-12H2,1H3. The van der Waals surface area contributed by atoms with E-state index in [0.717, 1.165) is 17.7 Å². The molecule has 0 aromatic heterocycles. The molecule has 0 saturated carbocycles. The van der Waals surface area contributed by atoms with E-state index in [0.29, 0.717) is 0 Å². The Kier molecular flexibility index (Phi) is 5.35. The maximum atomic E-state index is 12.5. The maximum Gasteiger partial charge on any atom is 0.344 e.